The number of aldehydes is 1. The van der Waals surface area contributed by atoms with Crippen LogP contribution in [0, 0.1) is 0 Å². The van der Waals surface area contributed by atoms with Gasteiger partial charge in [0.25, 0.3) is 0 Å². The molecule has 0 saturated carbocycles. The fourth-order valence-corrected chi connectivity index (χ4v) is 1.48. The Morgan fingerprint density at radius 1 is 1.80 bits per heavy atom. The summed E-state index contributed by atoms with van der Waals surface area (Å²) in [5.74, 6) is 0. The number of hydrogen-bond donors (Lipinski definition) is 0. The van der Waals surface area contributed by atoms with E-state index in [1.165, 1.54) is 0 Å². The van der Waals surface area contributed by atoms with Gasteiger partial charge in [0.15, 0.2) is 0 Å². The van der Waals surface area contributed by atoms with Crippen molar-refractivity contribution in [3.8, 4) is 0 Å². The second-order valence-corrected chi connectivity index (χ2v) is 3.80. The molecular formula is C7H10BrClO. The molecule has 0 heterocycles. The van der Waals surface area contributed by atoms with Crippen molar-refractivity contribution in [1.82, 2.24) is 0 Å². The minimum absolute atomic E-state index is 0.0390. The van der Waals surface area contributed by atoms with Gasteiger partial charge in [-0.25, -0.2) is 0 Å². The molecule has 0 aromatic heterocycles. The topological polar surface area (TPSA) is 17.1 Å². The van der Waals surface area contributed by atoms with E-state index >= 15 is 0 Å². The summed E-state index contributed by atoms with van der Waals surface area (Å²) in [5.41, 5.74) is 0. The molecule has 0 unspecified atom stereocenters. The highest BCUT2D eigenvalue weighted by atomic mass is 79.9. The number of allylic oxidation sites excluding steroid dienone is 1. The first-order chi connectivity index (χ1) is 4.66. The molecule has 0 spiro atoms. The highest BCUT2D eigenvalue weighted by Crippen LogP contribution is 2.17. The van der Waals surface area contributed by atoms with Gasteiger partial charge in [0.2, 0.25) is 0 Å². The van der Waals surface area contributed by atoms with Gasteiger partial charge in [0.05, 0.1) is 0 Å². The molecule has 0 rings (SSSR count). The van der Waals surface area contributed by atoms with Crippen molar-refractivity contribution in [2.75, 3.05) is 0 Å². The average molecular weight is 226 g/mol. The molecule has 0 aliphatic carbocycles. The lowest BCUT2D eigenvalue weighted by Gasteiger charge is -2.03. The number of hydrogen-bond acceptors (Lipinski definition) is 1. The molecule has 3 heteroatoms. The van der Waals surface area contributed by atoms with Crippen molar-refractivity contribution in [1.29, 1.82) is 0 Å². The number of rotatable bonds is 5. The molecule has 0 aliphatic rings. The fourth-order valence-electron chi connectivity index (χ4n) is 0.591. The van der Waals surface area contributed by atoms with Gasteiger partial charge in [-0.15, -0.1) is 11.6 Å². The quantitative estimate of drug-likeness (QED) is 0.519. The van der Waals surface area contributed by atoms with Crippen LogP contribution in [0.2, 0.25) is 0 Å². The molecule has 0 saturated heterocycles. The molecule has 1 atom stereocenters. The van der Waals surface area contributed by atoms with Crippen LogP contribution in [0.15, 0.2) is 11.1 Å². The van der Waals surface area contributed by atoms with Crippen LogP contribution < -0.4 is 0 Å². The second-order valence-electron chi connectivity index (χ2n) is 2.06. The van der Waals surface area contributed by atoms with Crippen LogP contribution in [-0.4, -0.2) is 11.7 Å². The molecule has 0 aromatic carbocycles. The van der Waals surface area contributed by atoms with Gasteiger partial charge in [0.1, 0.15) is 6.29 Å². The molecule has 0 bridgehead atoms. The lowest BCUT2D eigenvalue weighted by atomic mass is 10.2. The lowest BCUT2D eigenvalue weighted by molar-refractivity contribution is -0.107. The zero-order valence-corrected chi connectivity index (χ0v) is 7.99. The van der Waals surface area contributed by atoms with Crippen LogP contribution in [0.4, 0.5) is 0 Å². The Hall–Kier alpha value is 0.180. The first kappa shape index (κ1) is 10.2. The van der Waals surface area contributed by atoms with Crippen molar-refractivity contribution in [2.24, 2.45) is 0 Å². The smallest absolute Gasteiger partial charge is 0.120 e. The van der Waals surface area contributed by atoms with Gasteiger partial charge in [-0.2, -0.15) is 0 Å². The first-order valence-corrected chi connectivity index (χ1v) is 4.30. The average Bonchev–Trinajstić information content (AvgIpc) is 1.82. The minimum atomic E-state index is 0.0390. The summed E-state index contributed by atoms with van der Waals surface area (Å²) in [5, 5.41) is 0.0390. The van der Waals surface area contributed by atoms with Crippen LogP contribution >= 0.6 is 27.5 Å². The summed E-state index contributed by atoms with van der Waals surface area (Å²) in [6, 6.07) is 0. The Kier molecular flexibility index (Phi) is 6.03. The molecule has 0 aliphatic heterocycles. The van der Waals surface area contributed by atoms with Crippen LogP contribution in [0.3, 0.4) is 0 Å². The van der Waals surface area contributed by atoms with E-state index in [-0.39, 0.29) is 5.38 Å². The van der Waals surface area contributed by atoms with E-state index in [0.29, 0.717) is 6.42 Å². The number of carbonyl (C=O) groups is 1. The summed E-state index contributed by atoms with van der Waals surface area (Å²) in [7, 11) is 0. The lowest BCUT2D eigenvalue weighted by Crippen LogP contribution is -1.97. The monoisotopic (exact) mass is 224 g/mol. The van der Waals surface area contributed by atoms with Crippen molar-refractivity contribution in [3.63, 3.8) is 0 Å². The summed E-state index contributed by atoms with van der Waals surface area (Å²) < 4.78 is 0.887. The third kappa shape index (κ3) is 6.30. The molecule has 0 radical (unpaired) electrons. The third-order valence-electron chi connectivity index (χ3n) is 1.04. The van der Waals surface area contributed by atoms with Crippen molar-refractivity contribution in [2.45, 2.75) is 24.6 Å². The Morgan fingerprint density at radius 2 is 2.40 bits per heavy atom. The van der Waals surface area contributed by atoms with Crippen molar-refractivity contribution < 1.29 is 4.79 Å². The van der Waals surface area contributed by atoms with E-state index in [9.17, 15) is 4.79 Å². The largest absolute Gasteiger partial charge is 0.303 e. The summed E-state index contributed by atoms with van der Waals surface area (Å²) in [6.45, 7) is 3.65. The number of alkyl halides is 1. The predicted molar refractivity (Wildman–Crippen MR) is 47.6 cm³/mol. The van der Waals surface area contributed by atoms with E-state index in [4.69, 9.17) is 11.6 Å². The maximum Gasteiger partial charge on any atom is 0.120 e. The molecule has 0 N–H and O–H groups in total. The second kappa shape index (κ2) is 5.93. The number of carbonyl (C=O) groups excluding carboxylic acids is 1. The van der Waals surface area contributed by atoms with Gasteiger partial charge in [0, 0.05) is 11.8 Å². The predicted octanol–water partition coefficient (Wildman–Crippen LogP) is 2.87. The Bertz CT molecular complexity index is 125. The molecular weight excluding hydrogens is 215 g/mol. The fraction of sp³-hybridized carbons (Fsp3) is 0.571. The Balaban J connectivity index is 3.33. The number of halogens is 2. The third-order valence-corrected chi connectivity index (χ3v) is 1.74. The van der Waals surface area contributed by atoms with E-state index in [0.717, 1.165) is 23.6 Å². The molecule has 1 nitrogen and oxygen atoms in total. The van der Waals surface area contributed by atoms with E-state index in [1.807, 2.05) is 0 Å². The molecule has 0 fully saturated rings. The highest BCUT2D eigenvalue weighted by molar-refractivity contribution is 9.11. The van der Waals surface area contributed by atoms with Crippen LogP contribution in [-0.2, 0) is 4.79 Å². The summed E-state index contributed by atoms with van der Waals surface area (Å²) in [4.78, 5) is 9.90. The molecule has 0 aromatic rings. The minimum Gasteiger partial charge on any atom is -0.303 e. The summed E-state index contributed by atoms with van der Waals surface area (Å²) >= 11 is 9.00. The zero-order valence-electron chi connectivity index (χ0n) is 5.65. The maximum absolute atomic E-state index is 9.90. The van der Waals surface area contributed by atoms with E-state index in [1.54, 1.807) is 0 Å². The first-order valence-electron chi connectivity index (χ1n) is 3.07. The summed E-state index contributed by atoms with van der Waals surface area (Å²) in [6.07, 6.45) is 2.88. The van der Waals surface area contributed by atoms with Crippen molar-refractivity contribution >= 4 is 33.8 Å². The van der Waals surface area contributed by atoms with Gasteiger partial charge in [-0.05, 0) is 17.3 Å². The normalized spacial score (nSPS) is 12.6. The van der Waals surface area contributed by atoms with Gasteiger partial charge in [-0.3, -0.25) is 0 Å². The SMILES string of the molecule is C=C(Br)C[C@H](Cl)CCC=O. The standard InChI is InChI=1S/C7H10BrClO/c1-6(8)5-7(9)3-2-4-10/h4,7H,1-3,5H2/t7-/m1/s1. The van der Waals surface area contributed by atoms with Gasteiger partial charge in [-0.1, -0.05) is 22.5 Å². The Morgan fingerprint density at radius 3 is 2.80 bits per heavy atom. The zero-order chi connectivity index (χ0) is 7.98. The van der Waals surface area contributed by atoms with Gasteiger partial charge < -0.3 is 4.79 Å². The van der Waals surface area contributed by atoms with Crippen LogP contribution in [0.5, 0.6) is 0 Å². The molecule has 10 heavy (non-hydrogen) atoms. The van der Waals surface area contributed by atoms with Crippen LogP contribution in [0.1, 0.15) is 19.3 Å². The van der Waals surface area contributed by atoms with Crippen LogP contribution in [0.25, 0.3) is 0 Å². The maximum atomic E-state index is 9.90. The molecule has 0 amide bonds. The highest BCUT2D eigenvalue weighted by Gasteiger charge is 2.03. The Labute approximate surface area is 74.6 Å². The van der Waals surface area contributed by atoms with Gasteiger partial charge >= 0.3 is 0 Å². The van der Waals surface area contributed by atoms with E-state index in [2.05, 4.69) is 22.5 Å². The van der Waals surface area contributed by atoms with E-state index < -0.39 is 0 Å². The van der Waals surface area contributed by atoms with Crippen molar-refractivity contribution in [3.05, 3.63) is 11.1 Å². The molecule has 58 valence electrons.